The van der Waals surface area contributed by atoms with Crippen molar-refractivity contribution >= 4 is 25.7 Å². The molecule has 0 amide bonds. The molecule has 342 valence electrons. The number of nitrogens with two attached hydrogens (primary N) is 1. The third kappa shape index (κ3) is 41.0. The number of carbonyl (C=O) groups excluding carboxylic acids is 2. The van der Waals surface area contributed by atoms with Crippen molar-refractivity contribution in [1.29, 1.82) is 0 Å². The van der Waals surface area contributed by atoms with Gasteiger partial charge in [-0.15, -0.1) is 0 Å². The second kappa shape index (κ2) is 41.2. The van der Waals surface area contributed by atoms with E-state index < -0.39 is 63.8 Å². The number of unbranched alkanes of at least 4 members (excludes halogenated alkanes) is 4. The van der Waals surface area contributed by atoms with Gasteiger partial charge in [0.15, 0.2) is 6.10 Å². The van der Waals surface area contributed by atoms with Crippen molar-refractivity contribution in [2.24, 2.45) is 5.73 Å². The Bertz CT molecular complexity index is 1510. The van der Waals surface area contributed by atoms with Crippen LogP contribution in [0.25, 0.3) is 0 Å². The number of ether oxygens (including phenoxy) is 2. The van der Waals surface area contributed by atoms with E-state index >= 15 is 0 Å². The Hall–Kier alpha value is -4.16. The Morgan fingerprint density at radius 2 is 1.13 bits per heavy atom. The summed E-state index contributed by atoms with van der Waals surface area (Å²) >= 11 is 0. The quantitative estimate of drug-likeness (QED) is 0.0151. The Morgan fingerprint density at radius 1 is 0.607 bits per heavy atom. The molecule has 12 nitrogen and oxygen atoms in total. The average Bonchev–Trinajstić information content (AvgIpc) is 3.23. The van der Waals surface area contributed by atoms with E-state index in [-0.39, 0.29) is 19.3 Å². The molecule has 2 unspecified atom stereocenters. The van der Waals surface area contributed by atoms with Gasteiger partial charge in [0.05, 0.1) is 19.3 Å². The van der Waals surface area contributed by atoms with Crippen LogP contribution in [0.4, 0.5) is 0 Å². The second-order valence-electron chi connectivity index (χ2n) is 13.9. The summed E-state index contributed by atoms with van der Waals surface area (Å²) in [5, 5.41) is 19.1. The molecule has 13 heteroatoms. The maximum atomic E-state index is 12.6. The van der Waals surface area contributed by atoms with Crippen LogP contribution < -0.4 is 5.73 Å². The van der Waals surface area contributed by atoms with Crippen LogP contribution in [0.1, 0.15) is 123 Å². The molecular formula is C48H74NO11P. The number of allylic oxidation sites excluding steroid dienone is 18. The molecule has 0 aromatic heterocycles. The monoisotopic (exact) mass is 871 g/mol. The van der Waals surface area contributed by atoms with E-state index in [0.717, 1.165) is 51.4 Å². The molecule has 61 heavy (non-hydrogen) atoms. The largest absolute Gasteiger partial charge is 0.480 e. The fourth-order valence-electron chi connectivity index (χ4n) is 4.87. The molecule has 0 aliphatic carbocycles. The lowest BCUT2D eigenvalue weighted by Crippen LogP contribution is -2.34. The zero-order valence-corrected chi connectivity index (χ0v) is 37.4. The molecule has 0 radical (unpaired) electrons. The van der Waals surface area contributed by atoms with Gasteiger partial charge in [0.2, 0.25) is 0 Å². The fourth-order valence-corrected chi connectivity index (χ4v) is 5.65. The van der Waals surface area contributed by atoms with Crippen molar-refractivity contribution in [1.82, 2.24) is 0 Å². The van der Waals surface area contributed by atoms with Crippen LogP contribution in [-0.2, 0) is 37.5 Å². The first-order valence-corrected chi connectivity index (χ1v) is 23.2. The highest BCUT2D eigenvalue weighted by Gasteiger charge is 2.28. The van der Waals surface area contributed by atoms with Crippen LogP contribution >= 0.6 is 7.82 Å². The molecule has 4 atom stereocenters. The first-order chi connectivity index (χ1) is 29.5. The first-order valence-electron chi connectivity index (χ1n) is 21.7. The van der Waals surface area contributed by atoms with Crippen molar-refractivity contribution in [3.63, 3.8) is 0 Å². The number of aliphatic hydroxyl groups excluding tert-OH is 1. The minimum atomic E-state index is -4.79. The lowest BCUT2D eigenvalue weighted by molar-refractivity contribution is -0.161. The van der Waals surface area contributed by atoms with E-state index in [4.69, 9.17) is 24.8 Å². The molecule has 0 saturated heterocycles. The van der Waals surface area contributed by atoms with E-state index in [1.165, 1.54) is 19.3 Å². The summed E-state index contributed by atoms with van der Waals surface area (Å²) in [4.78, 5) is 45.9. The van der Waals surface area contributed by atoms with Crippen LogP contribution in [0, 0.1) is 0 Å². The molecule has 0 aliphatic rings. The standard InChI is InChI=1S/C48H74NO11P/c1-3-5-7-9-11-13-15-17-18-19-20-22-24-26-28-30-34-38-46(51)57-40-44(41-58-61(55,56)59-42-45(49)48(53)54)60-47(52)39-35-31-33-37-43(50)36-32-29-27-25-23-21-16-14-12-10-8-6-4-2/h6,8,11-14,17-18,20-23,26-29,31-33,36,43-45,50H,3-5,7,9-10,15-16,19,24-25,30,34-35,37-42,49H2,1-2H3,(H,53,54)(H,55,56)/b8-6-,13-11-,14-12-,18-17-,22-20-,23-21-,28-26-,29-27-,33-31-,36-32-/t43?,44-,45+/m1/s1. The Morgan fingerprint density at radius 3 is 1.70 bits per heavy atom. The molecule has 0 aliphatic heterocycles. The maximum absolute atomic E-state index is 12.6. The van der Waals surface area contributed by atoms with Crippen molar-refractivity contribution in [2.45, 2.75) is 141 Å². The van der Waals surface area contributed by atoms with E-state index in [1.807, 2.05) is 24.3 Å². The number of esters is 2. The summed E-state index contributed by atoms with van der Waals surface area (Å²) in [6.07, 6.45) is 51.6. The summed E-state index contributed by atoms with van der Waals surface area (Å²) in [5.74, 6) is -2.68. The zero-order chi connectivity index (χ0) is 45.1. The van der Waals surface area contributed by atoms with Crippen LogP contribution in [-0.4, -0.2) is 71.1 Å². The highest BCUT2D eigenvalue weighted by molar-refractivity contribution is 7.47. The average molecular weight is 872 g/mol. The van der Waals surface area contributed by atoms with E-state index in [2.05, 4.69) is 91.3 Å². The second-order valence-corrected chi connectivity index (χ2v) is 15.4. The number of aliphatic carboxylic acids is 1. The summed E-state index contributed by atoms with van der Waals surface area (Å²) in [6, 6.07) is -1.56. The number of hydrogen-bond donors (Lipinski definition) is 4. The molecule has 0 aromatic rings. The SMILES string of the molecule is CC/C=C\C/C=C\C/C=C\C/C=C\C=C/C(O)C/C=C\CCC(=O)O[C@H](COC(=O)CCC/C=C\C/C=C\C/C=C\C/C=C\CCCCC)COP(=O)(O)OC[C@H](N)C(=O)O. The Kier molecular flexibility index (Phi) is 38.4. The first kappa shape index (κ1) is 56.8. The van der Waals surface area contributed by atoms with E-state index in [1.54, 1.807) is 24.3 Å². The third-order valence-electron chi connectivity index (χ3n) is 8.29. The molecule has 0 spiro atoms. The minimum absolute atomic E-state index is 0.0648. The van der Waals surface area contributed by atoms with Gasteiger partial charge in [-0.3, -0.25) is 23.4 Å². The number of carboxylic acid groups (broad SMARTS) is 1. The number of phosphoric acid groups is 1. The van der Waals surface area contributed by atoms with Crippen LogP contribution in [0.15, 0.2) is 122 Å². The van der Waals surface area contributed by atoms with Crippen LogP contribution in [0.2, 0.25) is 0 Å². The van der Waals surface area contributed by atoms with Gasteiger partial charge in [0, 0.05) is 12.8 Å². The summed E-state index contributed by atoms with van der Waals surface area (Å²) < 4.78 is 32.5. The van der Waals surface area contributed by atoms with Gasteiger partial charge in [0.25, 0.3) is 0 Å². The maximum Gasteiger partial charge on any atom is 0.472 e. The molecule has 0 bridgehead atoms. The summed E-state index contributed by atoms with van der Waals surface area (Å²) in [7, 11) is -4.79. The van der Waals surface area contributed by atoms with Gasteiger partial charge in [-0.05, 0) is 83.5 Å². The number of carbonyl (C=O) groups is 3. The van der Waals surface area contributed by atoms with Crippen molar-refractivity contribution < 1.29 is 52.6 Å². The van der Waals surface area contributed by atoms with Crippen molar-refractivity contribution in [2.75, 3.05) is 19.8 Å². The predicted molar refractivity (Wildman–Crippen MR) is 245 cm³/mol. The molecular weight excluding hydrogens is 797 g/mol. The number of phosphoric ester groups is 1. The molecule has 0 saturated carbocycles. The van der Waals surface area contributed by atoms with Gasteiger partial charge in [0.1, 0.15) is 12.6 Å². The van der Waals surface area contributed by atoms with Crippen LogP contribution in [0.3, 0.4) is 0 Å². The van der Waals surface area contributed by atoms with Gasteiger partial charge in [-0.2, -0.15) is 0 Å². The third-order valence-corrected chi connectivity index (χ3v) is 9.24. The lowest BCUT2D eigenvalue weighted by Gasteiger charge is -2.20. The zero-order valence-electron chi connectivity index (χ0n) is 36.6. The summed E-state index contributed by atoms with van der Waals surface area (Å²) in [6.45, 7) is 2.39. The van der Waals surface area contributed by atoms with E-state index in [9.17, 15) is 28.9 Å². The summed E-state index contributed by atoms with van der Waals surface area (Å²) in [5.41, 5.74) is 5.32. The lowest BCUT2D eigenvalue weighted by atomic mass is 10.2. The fraction of sp³-hybridized carbons (Fsp3) is 0.521. The van der Waals surface area contributed by atoms with E-state index in [0.29, 0.717) is 19.3 Å². The topological polar surface area (TPSA) is 192 Å². The molecule has 0 rings (SSSR count). The molecule has 0 aromatic carbocycles. The predicted octanol–water partition coefficient (Wildman–Crippen LogP) is 10.6. The van der Waals surface area contributed by atoms with Gasteiger partial charge >= 0.3 is 25.7 Å². The van der Waals surface area contributed by atoms with Crippen molar-refractivity contribution in [3.05, 3.63) is 122 Å². The molecule has 0 heterocycles. The molecule has 5 N–H and O–H groups in total. The molecule has 0 fully saturated rings. The minimum Gasteiger partial charge on any atom is -0.480 e. The van der Waals surface area contributed by atoms with Gasteiger partial charge < -0.3 is 30.3 Å². The van der Waals surface area contributed by atoms with Crippen LogP contribution in [0.5, 0.6) is 0 Å². The van der Waals surface area contributed by atoms with Gasteiger partial charge in [-0.1, -0.05) is 148 Å². The van der Waals surface area contributed by atoms with Crippen molar-refractivity contribution in [3.8, 4) is 0 Å². The highest BCUT2D eigenvalue weighted by atomic mass is 31.2. The number of aliphatic hydroxyl groups is 1. The number of rotatable bonds is 38. The normalized spacial score (nSPS) is 15.4. The number of carboxylic acids is 1. The number of hydrogen-bond acceptors (Lipinski definition) is 10. The Balaban J connectivity index is 4.71. The van der Waals surface area contributed by atoms with Gasteiger partial charge in [-0.25, -0.2) is 4.57 Å². The Labute approximate surface area is 365 Å². The highest BCUT2D eigenvalue weighted by Crippen LogP contribution is 2.43. The smallest absolute Gasteiger partial charge is 0.472 e.